The predicted octanol–water partition coefficient (Wildman–Crippen LogP) is 5.56. The lowest BCUT2D eigenvalue weighted by Crippen LogP contribution is -2.29. The molecule has 0 aromatic heterocycles. The lowest BCUT2D eigenvalue weighted by molar-refractivity contribution is 0.270. The molecule has 1 aliphatic heterocycles. The van der Waals surface area contributed by atoms with Crippen LogP contribution in [0.1, 0.15) is 43.4 Å². The Morgan fingerprint density at radius 3 is 2.77 bits per heavy atom. The van der Waals surface area contributed by atoms with Gasteiger partial charge in [0.2, 0.25) is 0 Å². The van der Waals surface area contributed by atoms with Gasteiger partial charge in [-0.05, 0) is 48.1 Å². The first-order valence-corrected chi connectivity index (χ1v) is 9.50. The van der Waals surface area contributed by atoms with E-state index in [1.165, 1.54) is 16.8 Å². The number of benzene rings is 2. The molecule has 3 atom stereocenters. The highest BCUT2D eigenvalue weighted by Gasteiger charge is 2.39. The number of hydrogen-bond acceptors (Lipinski definition) is 3. The Morgan fingerprint density at radius 2 is 1.96 bits per heavy atom. The third-order valence-electron chi connectivity index (χ3n) is 5.39. The predicted molar refractivity (Wildman–Crippen MR) is 106 cm³/mol. The van der Waals surface area contributed by atoms with Crippen LogP contribution >= 0.6 is 0 Å². The first kappa shape index (κ1) is 17.0. The lowest BCUT2D eigenvalue weighted by Gasteiger charge is -2.38. The molecule has 1 aliphatic carbocycles. The fourth-order valence-electron chi connectivity index (χ4n) is 4.16. The van der Waals surface area contributed by atoms with Crippen LogP contribution in [0.25, 0.3) is 0 Å². The highest BCUT2D eigenvalue weighted by Crippen LogP contribution is 2.51. The molecule has 2 aromatic carbocycles. The summed E-state index contributed by atoms with van der Waals surface area (Å²) in [5.74, 6) is 3.37. The van der Waals surface area contributed by atoms with E-state index in [9.17, 15) is 0 Å². The van der Waals surface area contributed by atoms with E-state index in [-0.39, 0.29) is 6.04 Å². The van der Waals surface area contributed by atoms with Gasteiger partial charge in [0.15, 0.2) is 0 Å². The summed E-state index contributed by atoms with van der Waals surface area (Å²) in [4.78, 5) is 0. The molecule has 3 heteroatoms. The molecule has 26 heavy (non-hydrogen) atoms. The maximum Gasteiger partial charge on any atom is 0.124 e. The van der Waals surface area contributed by atoms with Gasteiger partial charge in [0, 0.05) is 17.2 Å². The largest absolute Gasteiger partial charge is 0.496 e. The molecule has 136 valence electrons. The molecule has 0 saturated heterocycles. The summed E-state index contributed by atoms with van der Waals surface area (Å²) in [6.45, 7) is 5.10. The van der Waals surface area contributed by atoms with Crippen LogP contribution in [0.3, 0.4) is 0 Å². The molecule has 1 heterocycles. The zero-order chi connectivity index (χ0) is 18.1. The summed E-state index contributed by atoms with van der Waals surface area (Å²) >= 11 is 0. The molecule has 0 fully saturated rings. The molecular formula is C23H27NO2. The van der Waals surface area contributed by atoms with Crippen molar-refractivity contribution in [1.82, 2.24) is 0 Å². The average Bonchev–Trinajstić information content (AvgIpc) is 3.15. The molecule has 1 N–H and O–H groups in total. The van der Waals surface area contributed by atoms with Crippen molar-refractivity contribution in [3.8, 4) is 11.5 Å². The number of hydrogen-bond donors (Lipinski definition) is 1. The summed E-state index contributed by atoms with van der Waals surface area (Å²) < 4.78 is 11.6. The molecular weight excluding hydrogens is 322 g/mol. The van der Waals surface area contributed by atoms with Gasteiger partial charge in [-0.25, -0.2) is 0 Å². The third-order valence-corrected chi connectivity index (χ3v) is 5.39. The molecule has 0 amide bonds. The Morgan fingerprint density at radius 1 is 1.12 bits per heavy atom. The van der Waals surface area contributed by atoms with Crippen molar-refractivity contribution in [3.05, 3.63) is 65.7 Å². The fourth-order valence-corrected chi connectivity index (χ4v) is 4.16. The van der Waals surface area contributed by atoms with E-state index in [1.807, 2.05) is 12.1 Å². The maximum absolute atomic E-state index is 5.96. The number of ether oxygens (including phenoxy) is 2. The Labute approximate surface area is 156 Å². The minimum Gasteiger partial charge on any atom is -0.496 e. The number of fused-ring (bicyclic) bond motifs is 3. The van der Waals surface area contributed by atoms with Gasteiger partial charge in [0.25, 0.3) is 0 Å². The smallest absolute Gasteiger partial charge is 0.124 e. The number of allylic oxidation sites excluding steroid dienone is 2. The quantitative estimate of drug-likeness (QED) is 0.717. The zero-order valence-corrected chi connectivity index (χ0v) is 15.7. The Balaban J connectivity index is 1.68. The minimum atomic E-state index is 0.251. The van der Waals surface area contributed by atoms with Crippen molar-refractivity contribution < 1.29 is 9.47 Å². The summed E-state index contributed by atoms with van der Waals surface area (Å²) in [6, 6.07) is 15.1. The summed E-state index contributed by atoms with van der Waals surface area (Å²) in [7, 11) is 1.75. The van der Waals surface area contributed by atoms with Crippen LogP contribution < -0.4 is 14.8 Å². The third kappa shape index (κ3) is 3.07. The second-order valence-corrected chi connectivity index (χ2v) is 7.67. The van der Waals surface area contributed by atoms with Crippen molar-refractivity contribution in [2.45, 2.75) is 32.2 Å². The van der Waals surface area contributed by atoms with Gasteiger partial charge in [-0.15, -0.1) is 0 Å². The van der Waals surface area contributed by atoms with Crippen molar-refractivity contribution in [1.29, 1.82) is 0 Å². The van der Waals surface area contributed by atoms with Gasteiger partial charge in [0.05, 0.1) is 19.8 Å². The number of methoxy groups -OCH3 is 1. The monoisotopic (exact) mass is 349 g/mol. The SMILES string of the molecule is COc1ccccc1C1Nc2ccc(OCC(C)C)cc2C2C=CCC21. The van der Waals surface area contributed by atoms with Crippen LogP contribution in [0.15, 0.2) is 54.6 Å². The summed E-state index contributed by atoms with van der Waals surface area (Å²) in [6.07, 6.45) is 5.76. The average molecular weight is 349 g/mol. The standard InChI is InChI=1S/C23H27NO2/c1-15(2)14-26-16-11-12-21-20(13-16)17-8-6-9-18(17)23(24-21)19-7-4-5-10-22(19)25-3/h4-8,10-13,15,17-18,23-24H,9,14H2,1-3H3. The van der Waals surface area contributed by atoms with Crippen molar-refractivity contribution in [2.75, 3.05) is 19.0 Å². The first-order valence-electron chi connectivity index (χ1n) is 9.50. The Bertz CT molecular complexity index is 812. The number of nitrogens with one attached hydrogen (secondary N) is 1. The van der Waals surface area contributed by atoms with Crippen LogP contribution in [0, 0.1) is 11.8 Å². The highest BCUT2D eigenvalue weighted by atomic mass is 16.5. The topological polar surface area (TPSA) is 30.5 Å². The van der Waals surface area contributed by atoms with E-state index in [2.05, 4.69) is 61.6 Å². The normalized spacial score (nSPS) is 23.3. The van der Waals surface area contributed by atoms with Crippen LogP contribution in [0.2, 0.25) is 0 Å². The van der Waals surface area contributed by atoms with Gasteiger partial charge in [-0.3, -0.25) is 0 Å². The highest BCUT2D eigenvalue weighted by molar-refractivity contribution is 5.62. The first-order chi connectivity index (χ1) is 12.7. The van der Waals surface area contributed by atoms with Gasteiger partial charge in [0.1, 0.15) is 11.5 Å². The molecule has 0 bridgehead atoms. The molecule has 2 aromatic rings. The lowest BCUT2D eigenvalue weighted by atomic mass is 9.77. The van der Waals surface area contributed by atoms with Gasteiger partial charge in [-0.2, -0.15) is 0 Å². The summed E-state index contributed by atoms with van der Waals surface area (Å²) in [5.41, 5.74) is 3.78. The zero-order valence-electron chi connectivity index (χ0n) is 15.7. The van der Waals surface area contributed by atoms with Crippen LogP contribution in [0.5, 0.6) is 11.5 Å². The van der Waals surface area contributed by atoms with E-state index < -0.39 is 0 Å². The minimum absolute atomic E-state index is 0.251. The van der Waals surface area contributed by atoms with Crippen molar-refractivity contribution >= 4 is 5.69 Å². The van der Waals surface area contributed by atoms with E-state index in [0.29, 0.717) is 17.8 Å². The molecule has 0 radical (unpaired) electrons. The maximum atomic E-state index is 5.96. The van der Waals surface area contributed by atoms with Gasteiger partial charge >= 0.3 is 0 Å². The second kappa shape index (κ2) is 7.06. The fraction of sp³-hybridized carbons (Fsp3) is 0.391. The van der Waals surface area contributed by atoms with E-state index >= 15 is 0 Å². The molecule has 4 rings (SSSR count). The number of anilines is 1. The molecule has 0 saturated carbocycles. The number of rotatable bonds is 5. The molecule has 2 aliphatic rings. The van der Waals surface area contributed by atoms with Gasteiger partial charge in [-0.1, -0.05) is 44.2 Å². The van der Waals surface area contributed by atoms with Crippen LogP contribution in [-0.4, -0.2) is 13.7 Å². The van der Waals surface area contributed by atoms with Crippen LogP contribution in [-0.2, 0) is 0 Å². The number of para-hydroxylation sites is 1. The van der Waals surface area contributed by atoms with Crippen molar-refractivity contribution in [2.24, 2.45) is 11.8 Å². The summed E-state index contributed by atoms with van der Waals surface area (Å²) in [5, 5.41) is 3.78. The molecule has 3 unspecified atom stereocenters. The van der Waals surface area contributed by atoms with E-state index in [0.717, 1.165) is 24.5 Å². The second-order valence-electron chi connectivity index (χ2n) is 7.67. The van der Waals surface area contributed by atoms with Crippen molar-refractivity contribution in [3.63, 3.8) is 0 Å². The van der Waals surface area contributed by atoms with E-state index in [4.69, 9.17) is 9.47 Å². The van der Waals surface area contributed by atoms with Gasteiger partial charge < -0.3 is 14.8 Å². The Hall–Kier alpha value is -2.42. The Kier molecular flexibility index (Phi) is 4.62. The van der Waals surface area contributed by atoms with Crippen LogP contribution in [0.4, 0.5) is 5.69 Å². The van der Waals surface area contributed by atoms with E-state index in [1.54, 1.807) is 7.11 Å². The molecule has 0 spiro atoms. The molecule has 3 nitrogen and oxygen atoms in total.